The van der Waals surface area contributed by atoms with Gasteiger partial charge in [-0.05, 0) is 49.1 Å². The standard InChI is InChI=1S/C25H33N3O3/c1-4-18(2)21-7-5-6-8-22(21)26-25(29)19(3)28-13-11-27(12-14-28)16-20-9-10-23-24(15-20)31-17-30-23/h5-10,15,18-19H,4,11-14,16-17H2,1-3H3,(H,26,29)/p+2/t18-,19+/m1/s1. The van der Waals surface area contributed by atoms with Crippen LogP contribution >= 0.6 is 0 Å². The van der Waals surface area contributed by atoms with Gasteiger partial charge in [-0.15, -0.1) is 0 Å². The van der Waals surface area contributed by atoms with Crippen LogP contribution in [0.1, 0.15) is 44.2 Å². The second-order valence-electron chi connectivity index (χ2n) is 8.88. The van der Waals surface area contributed by atoms with Gasteiger partial charge >= 0.3 is 0 Å². The molecular weight excluding hydrogens is 390 g/mol. The number of hydrogen-bond acceptors (Lipinski definition) is 3. The number of para-hydroxylation sites is 1. The van der Waals surface area contributed by atoms with Crippen LogP contribution in [0.25, 0.3) is 0 Å². The summed E-state index contributed by atoms with van der Waals surface area (Å²) in [6.07, 6.45) is 1.06. The number of fused-ring (bicyclic) bond motifs is 1. The third-order valence-corrected chi connectivity index (χ3v) is 6.86. The third-order valence-electron chi connectivity index (χ3n) is 6.86. The highest BCUT2D eigenvalue weighted by molar-refractivity contribution is 5.94. The Kier molecular flexibility index (Phi) is 6.78. The highest BCUT2D eigenvalue weighted by atomic mass is 16.7. The summed E-state index contributed by atoms with van der Waals surface area (Å²) in [5.41, 5.74) is 3.45. The number of carbonyl (C=O) groups excluding carboxylic acids is 1. The molecular formula is C25H35N3O3+2. The van der Waals surface area contributed by atoms with Crippen molar-refractivity contribution < 1.29 is 24.1 Å². The lowest BCUT2D eigenvalue weighted by Crippen LogP contribution is -3.29. The predicted octanol–water partition coefficient (Wildman–Crippen LogP) is 1.24. The summed E-state index contributed by atoms with van der Waals surface area (Å²) in [6.45, 7) is 11.9. The second kappa shape index (κ2) is 9.71. The highest BCUT2D eigenvalue weighted by Crippen LogP contribution is 2.32. The molecule has 2 atom stereocenters. The van der Waals surface area contributed by atoms with Crippen LogP contribution in [0.5, 0.6) is 11.5 Å². The SMILES string of the molecule is CC[C@@H](C)c1ccccc1NC(=O)[C@H](C)[NH+]1CC[NH+](Cc2ccc3c(c2)OCO3)CC1. The van der Waals surface area contributed by atoms with E-state index in [0.717, 1.165) is 56.3 Å². The zero-order valence-electron chi connectivity index (χ0n) is 18.9. The number of anilines is 1. The minimum absolute atomic E-state index is 0.0583. The number of piperazine rings is 1. The van der Waals surface area contributed by atoms with Crippen LogP contribution in [0.15, 0.2) is 42.5 Å². The molecule has 3 N–H and O–H groups in total. The van der Waals surface area contributed by atoms with Crippen LogP contribution in [-0.2, 0) is 11.3 Å². The number of nitrogens with one attached hydrogen (secondary N) is 3. The molecule has 0 unspecified atom stereocenters. The van der Waals surface area contributed by atoms with Crippen LogP contribution < -0.4 is 24.6 Å². The fourth-order valence-corrected chi connectivity index (χ4v) is 4.56. The van der Waals surface area contributed by atoms with E-state index in [4.69, 9.17) is 9.47 Å². The maximum absolute atomic E-state index is 13.0. The Bertz CT molecular complexity index is 909. The zero-order valence-corrected chi connectivity index (χ0v) is 18.9. The van der Waals surface area contributed by atoms with Gasteiger partial charge in [0.2, 0.25) is 6.79 Å². The lowest BCUT2D eigenvalue weighted by molar-refractivity contribution is -1.02. The van der Waals surface area contributed by atoms with Crippen molar-refractivity contribution in [3.05, 3.63) is 53.6 Å². The summed E-state index contributed by atoms with van der Waals surface area (Å²) in [5, 5.41) is 3.21. The van der Waals surface area contributed by atoms with Gasteiger partial charge in [0.25, 0.3) is 5.91 Å². The number of carbonyl (C=O) groups is 1. The van der Waals surface area contributed by atoms with E-state index in [2.05, 4.69) is 44.3 Å². The molecule has 166 valence electrons. The van der Waals surface area contributed by atoms with Gasteiger partial charge in [-0.1, -0.05) is 32.0 Å². The van der Waals surface area contributed by atoms with Gasteiger partial charge in [-0.3, -0.25) is 4.79 Å². The first-order valence-corrected chi connectivity index (χ1v) is 11.5. The number of benzene rings is 2. The van der Waals surface area contributed by atoms with Crippen LogP contribution in [0.4, 0.5) is 5.69 Å². The topological polar surface area (TPSA) is 56.4 Å². The molecule has 2 aliphatic heterocycles. The lowest BCUT2D eigenvalue weighted by atomic mass is 9.97. The molecule has 1 saturated heterocycles. The van der Waals surface area contributed by atoms with E-state index in [0.29, 0.717) is 12.7 Å². The average Bonchev–Trinajstić information content (AvgIpc) is 3.27. The van der Waals surface area contributed by atoms with Gasteiger partial charge in [0.05, 0.1) is 0 Å². The van der Waals surface area contributed by atoms with Crippen molar-refractivity contribution in [3.8, 4) is 11.5 Å². The van der Waals surface area contributed by atoms with Crippen molar-refractivity contribution in [3.63, 3.8) is 0 Å². The molecule has 2 aromatic rings. The number of ether oxygens (including phenoxy) is 2. The summed E-state index contributed by atoms with van der Waals surface area (Å²) in [5.74, 6) is 2.24. The number of hydrogen-bond donors (Lipinski definition) is 3. The van der Waals surface area contributed by atoms with E-state index in [1.54, 1.807) is 4.90 Å². The van der Waals surface area contributed by atoms with Gasteiger partial charge in [0.1, 0.15) is 32.7 Å². The summed E-state index contributed by atoms with van der Waals surface area (Å²) in [7, 11) is 0. The fraction of sp³-hybridized carbons (Fsp3) is 0.480. The molecule has 1 fully saturated rings. The zero-order chi connectivity index (χ0) is 21.8. The fourth-order valence-electron chi connectivity index (χ4n) is 4.56. The smallest absolute Gasteiger partial charge is 0.282 e. The largest absolute Gasteiger partial charge is 0.454 e. The molecule has 1 amide bonds. The molecule has 2 heterocycles. The van der Waals surface area contributed by atoms with Crippen LogP contribution in [-0.4, -0.2) is 44.9 Å². The van der Waals surface area contributed by atoms with E-state index >= 15 is 0 Å². The normalized spacial score (nSPS) is 22.0. The molecule has 0 aliphatic carbocycles. The highest BCUT2D eigenvalue weighted by Gasteiger charge is 2.31. The summed E-state index contributed by atoms with van der Waals surface area (Å²) in [4.78, 5) is 15.9. The van der Waals surface area contributed by atoms with E-state index in [9.17, 15) is 4.79 Å². The molecule has 6 heteroatoms. The van der Waals surface area contributed by atoms with Gasteiger partial charge in [-0.2, -0.15) is 0 Å². The first kappa shape index (κ1) is 21.7. The van der Waals surface area contributed by atoms with Crippen molar-refractivity contribution in [2.45, 2.75) is 45.7 Å². The van der Waals surface area contributed by atoms with Gasteiger partial charge in [0, 0.05) is 11.3 Å². The van der Waals surface area contributed by atoms with Crippen LogP contribution in [0.2, 0.25) is 0 Å². The molecule has 0 aromatic heterocycles. The van der Waals surface area contributed by atoms with Crippen LogP contribution in [0.3, 0.4) is 0 Å². The molecule has 2 aliphatic rings. The maximum atomic E-state index is 13.0. The monoisotopic (exact) mass is 425 g/mol. The van der Waals surface area contributed by atoms with E-state index in [-0.39, 0.29) is 11.9 Å². The summed E-state index contributed by atoms with van der Waals surface area (Å²) < 4.78 is 10.9. The molecule has 2 aromatic carbocycles. The van der Waals surface area contributed by atoms with Gasteiger partial charge < -0.3 is 24.6 Å². The molecule has 6 nitrogen and oxygen atoms in total. The Hall–Kier alpha value is -2.57. The number of quaternary nitrogens is 2. The van der Waals surface area contributed by atoms with Crippen molar-refractivity contribution in [1.82, 2.24) is 0 Å². The first-order valence-electron chi connectivity index (χ1n) is 11.5. The van der Waals surface area contributed by atoms with E-state index < -0.39 is 0 Å². The maximum Gasteiger partial charge on any atom is 0.282 e. The van der Waals surface area contributed by atoms with Crippen molar-refractivity contribution in [2.75, 3.05) is 38.3 Å². The number of amides is 1. The van der Waals surface area contributed by atoms with E-state index in [1.165, 1.54) is 16.0 Å². The van der Waals surface area contributed by atoms with Crippen molar-refractivity contribution >= 4 is 11.6 Å². The van der Waals surface area contributed by atoms with Gasteiger partial charge in [-0.25, -0.2) is 0 Å². The predicted molar refractivity (Wildman–Crippen MR) is 121 cm³/mol. The van der Waals surface area contributed by atoms with E-state index in [1.807, 2.05) is 24.3 Å². The van der Waals surface area contributed by atoms with Gasteiger partial charge in [0.15, 0.2) is 17.5 Å². The van der Waals surface area contributed by atoms with Crippen molar-refractivity contribution in [1.29, 1.82) is 0 Å². The first-order chi connectivity index (χ1) is 15.0. The molecule has 0 radical (unpaired) electrons. The Balaban J connectivity index is 1.30. The minimum Gasteiger partial charge on any atom is -0.454 e. The Labute approximate surface area is 185 Å². The molecule has 0 spiro atoms. The van der Waals surface area contributed by atoms with Crippen molar-refractivity contribution in [2.24, 2.45) is 0 Å². The molecule has 31 heavy (non-hydrogen) atoms. The second-order valence-corrected chi connectivity index (χ2v) is 8.88. The minimum atomic E-state index is -0.0583. The Morgan fingerprint density at radius 1 is 1.03 bits per heavy atom. The Morgan fingerprint density at radius 3 is 2.55 bits per heavy atom. The summed E-state index contributed by atoms with van der Waals surface area (Å²) >= 11 is 0. The summed E-state index contributed by atoms with van der Waals surface area (Å²) in [6, 6.07) is 14.4. The lowest BCUT2D eigenvalue weighted by Gasteiger charge is -2.32. The third kappa shape index (κ3) is 5.02. The number of rotatable bonds is 7. The Morgan fingerprint density at radius 2 is 1.77 bits per heavy atom. The quantitative estimate of drug-likeness (QED) is 0.626. The molecule has 0 saturated carbocycles. The molecule has 0 bridgehead atoms. The average molecular weight is 426 g/mol. The molecule has 4 rings (SSSR count). The van der Waals surface area contributed by atoms with Crippen LogP contribution in [0, 0.1) is 0 Å².